The minimum absolute atomic E-state index is 0.0740. The summed E-state index contributed by atoms with van der Waals surface area (Å²) >= 11 is 0. The summed E-state index contributed by atoms with van der Waals surface area (Å²) in [5.41, 5.74) is -1.11. The molecule has 4 rings (SSSR count). The molecule has 2 aliphatic rings. The van der Waals surface area contributed by atoms with Gasteiger partial charge in [0.25, 0.3) is 11.8 Å². The van der Waals surface area contributed by atoms with Crippen LogP contribution in [0.3, 0.4) is 0 Å². The van der Waals surface area contributed by atoms with Crippen LogP contribution in [0.5, 0.6) is 5.75 Å². The molecule has 9 heteroatoms. The zero-order valence-corrected chi connectivity index (χ0v) is 20.7. The highest BCUT2D eigenvalue weighted by Crippen LogP contribution is 2.42. The first-order valence-electron chi connectivity index (χ1n) is 12.2. The van der Waals surface area contributed by atoms with Gasteiger partial charge in [0.05, 0.1) is 6.54 Å². The van der Waals surface area contributed by atoms with Crippen LogP contribution < -0.4 is 10.7 Å². The summed E-state index contributed by atoms with van der Waals surface area (Å²) < 4.78 is 14.7. The van der Waals surface area contributed by atoms with E-state index >= 15 is 0 Å². The largest absolute Gasteiger partial charge is 0.503 e. The number of halogens is 1. The Hall–Kier alpha value is -3.20. The van der Waals surface area contributed by atoms with Crippen LogP contribution in [0.1, 0.15) is 66.9 Å². The molecule has 3 heterocycles. The van der Waals surface area contributed by atoms with Gasteiger partial charge >= 0.3 is 0 Å². The number of fused-ring (bicyclic) bond motifs is 2. The lowest BCUT2D eigenvalue weighted by Crippen LogP contribution is -2.63. The van der Waals surface area contributed by atoms with E-state index in [1.54, 1.807) is 16.7 Å². The fourth-order valence-electron chi connectivity index (χ4n) is 5.57. The Bertz CT molecular complexity index is 1190. The van der Waals surface area contributed by atoms with Crippen molar-refractivity contribution < 1.29 is 19.1 Å². The van der Waals surface area contributed by atoms with Crippen molar-refractivity contribution in [1.82, 2.24) is 19.7 Å². The van der Waals surface area contributed by atoms with Gasteiger partial charge in [0, 0.05) is 31.9 Å². The molecule has 8 nitrogen and oxygen atoms in total. The Labute approximate surface area is 204 Å². The Morgan fingerprint density at radius 1 is 1.26 bits per heavy atom. The Morgan fingerprint density at radius 3 is 2.57 bits per heavy atom. The molecular formula is C26H33FN4O4. The third kappa shape index (κ3) is 4.33. The fourth-order valence-corrected chi connectivity index (χ4v) is 5.57. The number of nitrogens with zero attached hydrogens (tertiary/aromatic N) is 3. The predicted molar refractivity (Wildman–Crippen MR) is 130 cm³/mol. The summed E-state index contributed by atoms with van der Waals surface area (Å²) in [7, 11) is 0. The van der Waals surface area contributed by atoms with Crippen LogP contribution in [-0.4, -0.2) is 56.1 Å². The first-order valence-corrected chi connectivity index (χ1v) is 12.2. The van der Waals surface area contributed by atoms with Gasteiger partial charge in [0.2, 0.25) is 5.43 Å². The molecule has 35 heavy (non-hydrogen) atoms. The molecule has 2 N–H and O–H groups in total. The van der Waals surface area contributed by atoms with Crippen molar-refractivity contribution in [1.29, 1.82) is 0 Å². The molecule has 0 saturated carbocycles. The summed E-state index contributed by atoms with van der Waals surface area (Å²) in [6, 6.07) is 5.58. The number of benzene rings is 1. The number of carbonyl (C=O) groups excluding carboxylic acids is 2. The van der Waals surface area contributed by atoms with Gasteiger partial charge in [0.1, 0.15) is 17.0 Å². The minimum Gasteiger partial charge on any atom is -0.503 e. The third-order valence-corrected chi connectivity index (χ3v) is 6.91. The maximum absolute atomic E-state index is 13.7. The van der Waals surface area contributed by atoms with Crippen molar-refractivity contribution in [2.75, 3.05) is 13.1 Å². The van der Waals surface area contributed by atoms with Crippen molar-refractivity contribution in [2.24, 2.45) is 5.92 Å². The maximum Gasteiger partial charge on any atom is 0.276 e. The molecule has 0 bridgehead atoms. The van der Waals surface area contributed by atoms with E-state index in [0.29, 0.717) is 24.6 Å². The van der Waals surface area contributed by atoms with Crippen molar-refractivity contribution in [3.8, 4) is 5.75 Å². The second-order valence-corrected chi connectivity index (χ2v) is 10.1. The van der Waals surface area contributed by atoms with Crippen LogP contribution in [-0.2, 0) is 13.1 Å². The quantitative estimate of drug-likeness (QED) is 0.630. The monoisotopic (exact) mass is 484 g/mol. The van der Waals surface area contributed by atoms with Gasteiger partial charge in [-0.15, -0.1) is 0 Å². The number of hydrogen-bond donors (Lipinski definition) is 2. The summed E-state index contributed by atoms with van der Waals surface area (Å²) in [6.07, 6.45) is 2.96. The molecule has 188 valence electrons. The second-order valence-electron chi connectivity index (χ2n) is 10.1. The molecule has 0 aliphatic carbocycles. The highest BCUT2D eigenvalue weighted by Gasteiger charge is 2.56. The van der Waals surface area contributed by atoms with Crippen LogP contribution in [0.15, 0.2) is 35.3 Å². The Balaban J connectivity index is 1.71. The van der Waals surface area contributed by atoms with E-state index in [1.807, 2.05) is 11.8 Å². The molecule has 0 radical (unpaired) electrons. The second kappa shape index (κ2) is 9.45. The first-order chi connectivity index (χ1) is 16.6. The lowest BCUT2D eigenvalue weighted by Gasteiger charge is -2.49. The molecule has 0 spiro atoms. The molecule has 2 amide bonds. The number of amides is 2. The zero-order valence-electron chi connectivity index (χ0n) is 20.7. The van der Waals surface area contributed by atoms with Crippen LogP contribution in [0.2, 0.25) is 0 Å². The van der Waals surface area contributed by atoms with E-state index in [4.69, 9.17) is 0 Å². The van der Waals surface area contributed by atoms with Crippen LogP contribution in [0, 0.1) is 11.7 Å². The molecule has 2 atom stereocenters. The van der Waals surface area contributed by atoms with E-state index in [9.17, 15) is 23.9 Å². The van der Waals surface area contributed by atoms with Gasteiger partial charge in [-0.2, -0.15) is 0 Å². The minimum atomic E-state index is -0.880. The zero-order chi connectivity index (χ0) is 25.5. The molecule has 0 unspecified atom stereocenters. The van der Waals surface area contributed by atoms with E-state index in [1.165, 1.54) is 18.3 Å². The van der Waals surface area contributed by atoms with Crippen molar-refractivity contribution in [3.63, 3.8) is 0 Å². The first kappa shape index (κ1) is 24.9. The van der Waals surface area contributed by atoms with Gasteiger partial charge in [-0.05, 0) is 37.0 Å². The van der Waals surface area contributed by atoms with Crippen LogP contribution in [0.4, 0.5) is 4.39 Å². The summed E-state index contributed by atoms with van der Waals surface area (Å²) in [5, 5.41) is 13.4. The molecular weight excluding hydrogens is 451 g/mol. The number of rotatable bonds is 7. The molecule has 1 saturated heterocycles. The van der Waals surface area contributed by atoms with Crippen molar-refractivity contribution in [2.45, 2.75) is 65.3 Å². The summed E-state index contributed by atoms with van der Waals surface area (Å²) in [6.45, 7) is 10.3. The summed E-state index contributed by atoms with van der Waals surface area (Å²) in [5.74, 6) is -1.75. The summed E-state index contributed by atoms with van der Waals surface area (Å²) in [4.78, 5) is 43.6. The van der Waals surface area contributed by atoms with Gasteiger partial charge in [-0.25, -0.2) is 4.39 Å². The molecule has 2 aliphatic heterocycles. The number of aromatic nitrogens is 1. The smallest absolute Gasteiger partial charge is 0.276 e. The number of carbonyl (C=O) groups is 2. The highest BCUT2D eigenvalue weighted by molar-refractivity contribution is 5.99. The Kier molecular flexibility index (Phi) is 6.73. The molecule has 1 aromatic heterocycles. The third-order valence-electron chi connectivity index (χ3n) is 6.91. The molecule has 1 aromatic carbocycles. The van der Waals surface area contributed by atoms with Gasteiger partial charge in [-0.3, -0.25) is 19.3 Å². The van der Waals surface area contributed by atoms with Crippen molar-refractivity contribution in [3.05, 3.63) is 63.3 Å². The highest BCUT2D eigenvalue weighted by atomic mass is 19.1. The predicted octanol–water partition coefficient (Wildman–Crippen LogP) is 2.94. The fraction of sp³-hybridized carbons (Fsp3) is 0.500. The van der Waals surface area contributed by atoms with Crippen LogP contribution >= 0.6 is 0 Å². The number of hydrogen-bond acceptors (Lipinski definition) is 5. The average Bonchev–Trinajstić information content (AvgIpc) is 3.06. The standard InChI is InChI=1S/C26H33FN4O4/c1-5-10-26-15-29-14-20(24(34)28-11-18-6-8-19(27)9-7-18)22(32)23(33)21(29)25(35)31(26)17(4)13-30(26)12-16(2)3/h6-9,14,16-17,33H,5,10-13,15H2,1-4H3,(H,28,34)/t17-,26-/m1/s1. The van der Waals surface area contributed by atoms with Crippen molar-refractivity contribution >= 4 is 11.8 Å². The van der Waals surface area contributed by atoms with Gasteiger partial charge in [0.15, 0.2) is 11.4 Å². The van der Waals surface area contributed by atoms with Gasteiger partial charge < -0.3 is 19.9 Å². The van der Waals surface area contributed by atoms with E-state index in [2.05, 4.69) is 31.0 Å². The topological polar surface area (TPSA) is 94.9 Å². The van der Waals surface area contributed by atoms with Crippen LogP contribution in [0.25, 0.3) is 0 Å². The number of nitrogens with one attached hydrogen (secondary N) is 1. The maximum atomic E-state index is 13.7. The number of pyridine rings is 1. The van der Waals surface area contributed by atoms with E-state index < -0.39 is 28.7 Å². The normalized spacial score (nSPS) is 21.8. The van der Waals surface area contributed by atoms with E-state index in [0.717, 1.165) is 19.4 Å². The average molecular weight is 485 g/mol. The number of aromatic hydroxyl groups is 1. The Morgan fingerprint density at radius 2 is 1.94 bits per heavy atom. The lowest BCUT2D eigenvalue weighted by molar-refractivity contribution is -0.0251. The molecule has 2 aromatic rings. The lowest BCUT2D eigenvalue weighted by atomic mass is 9.95. The van der Waals surface area contributed by atoms with E-state index in [-0.39, 0.29) is 29.7 Å². The van der Waals surface area contributed by atoms with Gasteiger partial charge in [-0.1, -0.05) is 39.3 Å². The SMILES string of the molecule is CCC[C@]12Cn3cc(C(=O)NCc4ccc(F)cc4)c(=O)c(O)c3C(=O)N1[C@H](C)CN2CC(C)C. The molecule has 1 fully saturated rings.